The van der Waals surface area contributed by atoms with E-state index in [9.17, 15) is 39.6 Å². The predicted octanol–water partition coefficient (Wildman–Crippen LogP) is 2.69. The van der Waals surface area contributed by atoms with Crippen LogP contribution >= 0.6 is 0 Å². The minimum absolute atomic E-state index is 0.0708. The van der Waals surface area contributed by atoms with Crippen molar-refractivity contribution in [1.29, 1.82) is 0 Å². The number of hydrogen-bond donors (Lipinski definition) is 7. The third-order valence-electron chi connectivity index (χ3n) is 8.68. The molecule has 1 aromatic heterocycles. The number of phenolic OH excluding ortho intramolecular Hbond substituents is 1. The van der Waals surface area contributed by atoms with Crippen LogP contribution in [-0.2, 0) is 21.6 Å². The van der Waals surface area contributed by atoms with Gasteiger partial charge in [0.25, 0.3) is 11.8 Å². The molecular formula is C39H40N4O9. The number of nitrogens with one attached hydrogen (secondary N) is 3. The zero-order chi connectivity index (χ0) is 37.3. The maximum atomic E-state index is 12.7. The second-order valence-electron chi connectivity index (χ2n) is 12.2. The molecular weight excluding hydrogens is 668 g/mol. The van der Waals surface area contributed by atoms with Crippen molar-refractivity contribution in [3.8, 4) is 11.5 Å². The first-order valence-electron chi connectivity index (χ1n) is 16.6. The number of ether oxygens (including phenoxy) is 1. The molecule has 5 aromatic rings. The number of carboxylic acids is 1. The number of hydrogen-bond acceptors (Lipinski definition) is 9. The van der Waals surface area contributed by atoms with Gasteiger partial charge in [-0.2, -0.15) is 0 Å². The maximum Gasteiger partial charge on any atom is 0.345 e. The van der Waals surface area contributed by atoms with Crippen LogP contribution in [-0.4, -0.2) is 87.9 Å². The number of carboxylic acid groups (broad SMARTS) is 1. The van der Waals surface area contributed by atoms with Crippen LogP contribution in [0.3, 0.4) is 0 Å². The van der Waals surface area contributed by atoms with Gasteiger partial charge in [0.1, 0.15) is 11.5 Å². The molecule has 4 aromatic carbocycles. The fraction of sp³-hybridized carbons (Fsp3) is 0.231. The number of aliphatic hydroxyl groups excluding tert-OH is 1. The molecule has 0 aliphatic carbocycles. The van der Waals surface area contributed by atoms with Crippen LogP contribution in [0.4, 0.5) is 0 Å². The predicted molar refractivity (Wildman–Crippen MR) is 193 cm³/mol. The van der Waals surface area contributed by atoms with Crippen molar-refractivity contribution in [1.82, 2.24) is 20.5 Å². The molecule has 5 rings (SSSR count). The summed E-state index contributed by atoms with van der Waals surface area (Å²) >= 11 is 0. The molecule has 0 aliphatic rings. The lowest BCUT2D eigenvalue weighted by Gasteiger charge is -2.25. The summed E-state index contributed by atoms with van der Waals surface area (Å²) in [6.07, 6.45) is -0.224. The lowest BCUT2D eigenvalue weighted by molar-refractivity contribution is -0.155. The largest absolute Gasteiger partial charge is 0.506 e. The van der Waals surface area contributed by atoms with Gasteiger partial charge in [0.15, 0.2) is 6.61 Å². The zero-order valence-electron chi connectivity index (χ0n) is 28.4. The number of aromatic hydroxyl groups is 1. The number of likely N-dealkylation sites (N-methyl/N-ethyl adjacent to an activating group) is 1. The van der Waals surface area contributed by atoms with E-state index in [-0.39, 0.29) is 71.8 Å². The molecule has 2 atom stereocenters. The first-order valence-corrected chi connectivity index (χ1v) is 16.6. The molecule has 1 heterocycles. The molecule has 0 unspecified atom stereocenters. The number of carbonyl (C=O) groups is 3. The van der Waals surface area contributed by atoms with Crippen LogP contribution in [0.1, 0.15) is 38.7 Å². The van der Waals surface area contributed by atoms with Crippen LogP contribution in [0, 0.1) is 0 Å². The van der Waals surface area contributed by atoms with Gasteiger partial charge in [-0.15, -0.1) is 0 Å². The number of aliphatic carboxylic acids is 1. The number of pyridine rings is 1. The topological polar surface area (TPSA) is 202 Å². The average molecular weight is 709 g/mol. The number of benzene rings is 4. The number of carbonyl (C=O) groups excluding carboxylic acids is 2. The van der Waals surface area contributed by atoms with E-state index in [1.165, 1.54) is 47.4 Å². The van der Waals surface area contributed by atoms with Crippen molar-refractivity contribution in [2.45, 2.75) is 18.1 Å². The normalized spacial score (nSPS) is 12.8. The van der Waals surface area contributed by atoms with Gasteiger partial charge < -0.3 is 45.7 Å². The summed E-state index contributed by atoms with van der Waals surface area (Å²) in [5.41, 5.74) is -0.104. The van der Waals surface area contributed by atoms with Crippen molar-refractivity contribution in [3.63, 3.8) is 0 Å². The van der Waals surface area contributed by atoms with Crippen LogP contribution < -0.4 is 20.9 Å². The zero-order valence-corrected chi connectivity index (χ0v) is 28.4. The number of nitrogens with zero attached hydrogens (tertiary/aromatic N) is 1. The summed E-state index contributed by atoms with van der Waals surface area (Å²) in [6.45, 7) is 0.883. The number of rotatable bonds is 16. The number of amides is 2. The fourth-order valence-electron chi connectivity index (χ4n) is 5.68. The van der Waals surface area contributed by atoms with Gasteiger partial charge in [-0.25, -0.2) is 4.79 Å². The van der Waals surface area contributed by atoms with Gasteiger partial charge in [0.05, 0.1) is 11.6 Å². The second-order valence-corrected chi connectivity index (χ2v) is 12.2. The van der Waals surface area contributed by atoms with Crippen LogP contribution in [0.5, 0.6) is 11.5 Å². The van der Waals surface area contributed by atoms with Crippen LogP contribution in [0.15, 0.2) is 108 Å². The van der Waals surface area contributed by atoms with E-state index >= 15 is 0 Å². The highest BCUT2D eigenvalue weighted by Crippen LogP contribution is 2.32. The van der Waals surface area contributed by atoms with E-state index in [2.05, 4.69) is 15.6 Å². The smallest absolute Gasteiger partial charge is 0.345 e. The first kappa shape index (κ1) is 37.2. The summed E-state index contributed by atoms with van der Waals surface area (Å²) < 4.78 is 5.62. The average Bonchev–Trinajstić information content (AvgIpc) is 3.16. The Balaban J connectivity index is 1.03. The summed E-state index contributed by atoms with van der Waals surface area (Å²) in [4.78, 5) is 53.1. The highest BCUT2D eigenvalue weighted by molar-refractivity contribution is 5.94. The van der Waals surface area contributed by atoms with Gasteiger partial charge in [-0.3, -0.25) is 14.4 Å². The molecule has 13 nitrogen and oxygen atoms in total. The summed E-state index contributed by atoms with van der Waals surface area (Å²) in [6, 6.07) is 27.0. The summed E-state index contributed by atoms with van der Waals surface area (Å²) in [5.74, 6) is -1.97. The molecule has 0 aliphatic heterocycles. The number of aromatic amines is 1. The van der Waals surface area contributed by atoms with E-state index in [0.717, 1.165) is 5.56 Å². The molecule has 0 spiro atoms. The van der Waals surface area contributed by atoms with Gasteiger partial charge in [0, 0.05) is 49.3 Å². The molecule has 0 bridgehead atoms. The van der Waals surface area contributed by atoms with Crippen molar-refractivity contribution in [2.24, 2.45) is 0 Å². The fourth-order valence-corrected chi connectivity index (χ4v) is 5.68. The van der Waals surface area contributed by atoms with Crippen molar-refractivity contribution < 1.29 is 39.5 Å². The Kier molecular flexibility index (Phi) is 12.0. The lowest BCUT2D eigenvalue weighted by Crippen LogP contribution is -2.38. The first-order chi connectivity index (χ1) is 25.0. The number of aromatic nitrogens is 1. The molecule has 52 heavy (non-hydrogen) atoms. The Bertz CT molecular complexity index is 2090. The standard InChI is InChI=1S/C39H40N4O9/c1-43(35(47)24-52-29-9-5-8-28(22-29)39(51,38(49)50)27-6-3-2-4-7-27)21-20-41-37(48)26-12-10-25(11-13-26)18-19-40-23-33(45)30-14-16-32(44)36-31(30)15-17-34(46)42-36/h2-17,22,33,40,44-45,51H,18-21,23-24H2,1H3,(H,41,48)(H,42,46)(H,49,50)/t33-,39-/m0/s1. The number of phenols is 1. The van der Waals surface area contributed by atoms with E-state index < -0.39 is 17.7 Å². The van der Waals surface area contributed by atoms with Gasteiger partial charge in [-0.05, 0) is 66.1 Å². The van der Waals surface area contributed by atoms with Crippen LogP contribution in [0.25, 0.3) is 10.9 Å². The van der Waals surface area contributed by atoms with Crippen LogP contribution in [0.2, 0.25) is 0 Å². The molecule has 0 saturated carbocycles. The summed E-state index contributed by atoms with van der Waals surface area (Å²) in [5, 5.41) is 48.3. The highest BCUT2D eigenvalue weighted by atomic mass is 16.5. The van der Waals surface area contributed by atoms with Crippen molar-refractivity contribution in [2.75, 3.05) is 39.8 Å². The van der Waals surface area contributed by atoms with Gasteiger partial charge in [-0.1, -0.05) is 60.7 Å². The lowest BCUT2D eigenvalue weighted by atomic mass is 9.86. The Labute approximate surface area is 299 Å². The number of fused-ring (bicyclic) bond motifs is 1. The quantitative estimate of drug-likeness (QED) is 0.0748. The third kappa shape index (κ3) is 8.82. The van der Waals surface area contributed by atoms with E-state index in [0.29, 0.717) is 29.5 Å². The van der Waals surface area contributed by atoms with E-state index in [1.54, 1.807) is 55.6 Å². The summed E-state index contributed by atoms with van der Waals surface area (Å²) in [7, 11) is 1.57. The third-order valence-corrected chi connectivity index (χ3v) is 8.68. The SMILES string of the molecule is CN(CCNC(=O)c1ccc(CCNC[C@H](O)c2ccc(O)c3[nH]c(=O)ccc23)cc1)C(=O)COc1cccc([C@](O)(C(=O)O)c2ccccc2)c1. The molecule has 270 valence electrons. The molecule has 2 amide bonds. The maximum absolute atomic E-state index is 12.7. The highest BCUT2D eigenvalue weighted by Gasteiger charge is 2.40. The van der Waals surface area contributed by atoms with E-state index in [1.807, 2.05) is 12.1 Å². The minimum Gasteiger partial charge on any atom is -0.506 e. The molecule has 13 heteroatoms. The molecule has 7 N–H and O–H groups in total. The van der Waals surface area contributed by atoms with Gasteiger partial charge >= 0.3 is 5.97 Å². The Hall–Kier alpha value is -6.02. The van der Waals surface area contributed by atoms with Crippen molar-refractivity contribution >= 4 is 28.7 Å². The number of aliphatic hydroxyl groups is 2. The Morgan fingerprint density at radius 2 is 1.63 bits per heavy atom. The number of H-pyrrole nitrogens is 1. The molecule has 0 radical (unpaired) electrons. The minimum atomic E-state index is -2.31. The Morgan fingerprint density at radius 1 is 0.904 bits per heavy atom. The monoisotopic (exact) mass is 708 g/mol. The van der Waals surface area contributed by atoms with Crippen molar-refractivity contribution in [3.05, 3.63) is 141 Å². The second kappa shape index (κ2) is 16.8. The molecule has 0 fully saturated rings. The molecule has 0 saturated heterocycles. The Morgan fingerprint density at radius 3 is 2.37 bits per heavy atom. The van der Waals surface area contributed by atoms with Gasteiger partial charge in [0.2, 0.25) is 11.2 Å². The van der Waals surface area contributed by atoms with E-state index in [4.69, 9.17) is 4.74 Å².